The van der Waals surface area contributed by atoms with Crippen molar-refractivity contribution in [2.75, 3.05) is 19.5 Å². The molecule has 0 bridgehead atoms. The Labute approximate surface area is 177 Å². The lowest BCUT2D eigenvalue weighted by atomic mass is 10.1. The van der Waals surface area contributed by atoms with Crippen LogP contribution in [0.25, 0.3) is 16.9 Å². The molecule has 8 heteroatoms. The van der Waals surface area contributed by atoms with Gasteiger partial charge in [-0.05, 0) is 35.9 Å². The van der Waals surface area contributed by atoms with E-state index in [0.717, 1.165) is 16.8 Å². The predicted octanol–water partition coefficient (Wildman–Crippen LogP) is 4.19. The summed E-state index contributed by atoms with van der Waals surface area (Å²) in [4.78, 5) is 17.0. The van der Waals surface area contributed by atoms with Crippen LogP contribution < -0.4 is 14.8 Å². The zero-order chi connectivity index (χ0) is 20.9. The normalized spacial score (nSPS) is 10.6. The molecule has 30 heavy (non-hydrogen) atoms. The van der Waals surface area contributed by atoms with E-state index < -0.39 is 0 Å². The number of para-hydroxylation sites is 1. The molecule has 0 aliphatic heterocycles. The number of rotatable bonds is 7. The Hall–Kier alpha value is -3.65. The molecular weight excluding hydrogens is 400 g/mol. The topological polar surface area (TPSA) is 78.3 Å². The second-order valence-corrected chi connectivity index (χ2v) is 7.32. The van der Waals surface area contributed by atoms with Gasteiger partial charge in [0.2, 0.25) is 5.91 Å². The van der Waals surface area contributed by atoms with E-state index in [9.17, 15) is 4.79 Å². The van der Waals surface area contributed by atoms with Crippen molar-refractivity contribution >= 4 is 22.4 Å². The summed E-state index contributed by atoms with van der Waals surface area (Å²) < 4.78 is 12.5. The number of anilines is 1. The Morgan fingerprint density at radius 1 is 1.13 bits per heavy atom. The number of hydrogen-bond donors (Lipinski definition) is 1. The van der Waals surface area contributed by atoms with Crippen molar-refractivity contribution in [1.29, 1.82) is 0 Å². The van der Waals surface area contributed by atoms with E-state index in [4.69, 9.17) is 9.47 Å². The third-order valence-corrected chi connectivity index (χ3v) is 5.21. The Morgan fingerprint density at radius 2 is 1.97 bits per heavy atom. The molecule has 152 valence electrons. The van der Waals surface area contributed by atoms with E-state index in [0.29, 0.717) is 22.3 Å². The van der Waals surface area contributed by atoms with Crippen LogP contribution in [0.1, 0.15) is 5.56 Å². The summed E-state index contributed by atoms with van der Waals surface area (Å²) in [7, 11) is 3.22. The second kappa shape index (κ2) is 8.79. The highest BCUT2D eigenvalue weighted by atomic mass is 32.1. The molecule has 2 aromatic carbocycles. The molecule has 0 fully saturated rings. The highest BCUT2D eigenvalue weighted by molar-refractivity contribution is 7.14. The van der Waals surface area contributed by atoms with Gasteiger partial charge in [0.15, 0.2) is 5.13 Å². The smallest absolute Gasteiger partial charge is 0.230 e. The molecule has 2 aromatic heterocycles. The summed E-state index contributed by atoms with van der Waals surface area (Å²) in [5.74, 6) is 1.24. The van der Waals surface area contributed by atoms with Crippen LogP contribution in [0.5, 0.6) is 11.5 Å². The lowest BCUT2D eigenvalue weighted by Gasteiger charge is -2.08. The summed E-state index contributed by atoms with van der Waals surface area (Å²) in [5.41, 5.74) is 3.28. The van der Waals surface area contributed by atoms with Gasteiger partial charge in [-0.3, -0.25) is 4.79 Å². The minimum atomic E-state index is -0.152. The predicted molar refractivity (Wildman–Crippen MR) is 117 cm³/mol. The van der Waals surface area contributed by atoms with Crippen molar-refractivity contribution in [3.63, 3.8) is 0 Å². The number of amides is 1. The van der Waals surface area contributed by atoms with Crippen LogP contribution in [0.2, 0.25) is 0 Å². The standard InChI is InChI=1S/C22H20N4O3S/c1-28-17-8-9-20(29-2)18(11-17)19-14-30-22(24-19)25-21(27)10-15-12-23-26(13-15)16-6-4-3-5-7-16/h3-9,11-14H,10H2,1-2H3,(H,24,25,27). The average molecular weight is 420 g/mol. The summed E-state index contributed by atoms with van der Waals surface area (Å²) >= 11 is 1.36. The molecule has 0 radical (unpaired) electrons. The zero-order valence-corrected chi connectivity index (χ0v) is 17.3. The number of hydrogen-bond acceptors (Lipinski definition) is 6. The van der Waals surface area contributed by atoms with Crippen molar-refractivity contribution in [1.82, 2.24) is 14.8 Å². The van der Waals surface area contributed by atoms with E-state index >= 15 is 0 Å². The van der Waals surface area contributed by atoms with Crippen LogP contribution in [0.15, 0.2) is 66.3 Å². The van der Waals surface area contributed by atoms with E-state index in [-0.39, 0.29) is 12.3 Å². The fraction of sp³-hybridized carbons (Fsp3) is 0.136. The van der Waals surface area contributed by atoms with Crippen molar-refractivity contribution < 1.29 is 14.3 Å². The summed E-state index contributed by atoms with van der Waals surface area (Å²) in [6.45, 7) is 0. The maximum absolute atomic E-state index is 12.5. The van der Waals surface area contributed by atoms with Crippen LogP contribution in [0.4, 0.5) is 5.13 Å². The second-order valence-electron chi connectivity index (χ2n) is 6.46. The first-order chi connectivity index (χ1) is 14.7. The Balaban J connectivity index is 1.44. The Morgan fingerprint density at radius 3 is 2.73 bits per heavy atom. The van der Waals surface area contributed by atoms with Crippen molar-refractivity contribution in [2.45, 2.75) is 6.42 Å². The molecule has 0 unspecified atom stereocenters. The molecule has 1 N–H and O–H groups in total. The van der Waals surface area contributed by atoms with Gasteiger partial charge in [-0.1, -0.05) is 18.2 Å². The summed E-state index contributed by atoms with van der Waals surface area (Å²) in [6, 6.07) is 15.3. The SMILES string of the molecule is COc1ccc(OC)c(-c2csc(NC(=O)Cc3cnn(-c4ccccc4)c3)n2)c1. The van der Waals surface area contributed by atoms with Gasteiger partial charge in [-0.25, -0.2) is 9.67 Å². The fourth-order valence-electron chi connectivity index (χ4n) is 2.99. The van der Waals surface area contributed by atoms with Crippen molar-refractivity contribution in [2.24, 2.45) is 0 Å². The first kappa shape index (κ1) is 19.7. The minimum Gasteiger partial charge on any atom is -0.497 e. The molecule has 0 aliphatic rings. The number of carbonyl (C=O) groups excluding carboxylic acids is 1. The van der Waals surface area contributed by atoms with Crippen LogP contribution in [0, 0.1) is 0 Å². The lowest BCUT2D eigenvalue weighted by molar-refractivity contribution is -0.115. The number of ether oxygens (including phenoxy) is 2. The Bertz CT molecular complexity index is 1150. The molecule has 1 amide bonds. The zero-order valence-electron chi connectivity index (χ0n) is 16.5. The molecule has 0 saturated carbocycles. The molecule has 2 heterocycles. The third kappa shape index (κ3) is 4.33. The fourth-order valence-corrected chi connectivity index (χ4v) is 3.72. The largest absolute Gasteiger partial charge is 0.497 e. The van der Waals surface area contributed by atoms with Gasteiger partial charge in [0.25, 0.3) is 0 Å². The van der Waals surface area contributed by atoms with Gasteiger partial charge in [0, 0.05) is 17.1 Å². The van der Waals surface area contributed by atoms with E-state index in [1.807, 2.05) is 60.1 Å². The van der Waals surface area contributed by atoms with Crippen LogP contribution in [-0.4, -0.2) is 34.9 Å². The van der Waals surface area contributed by atoms with Crippen LogP contribution >= 0.6 is 11.3 Å². The summed E-state index contributed by atoms with van der Waals surface area (Å²) in [5, 5.41) is 9.58. The molecule has 0 aliphatic carbocycles. The number of methoxy groups -OCH3 is 2. The maximum Gasteiger partial charge on any atom is 0.230 e. The van der Waals surface area contributed by atoms with E-state index in [1.165, 1.54) is 11.3 Å². The maximum atomic E-state index is 12.5. The molecule has 4 aromatic rings. The van der Waals surface area contributed by atoms with Crippen LogP contribution in [0.3, 0.4) is 0 Å². The van der Waals surface area contributed by atoms with E-state index in [2.05, 4.69) is 15.4 Å². The van der Waals surface area contributed by atoms with Gasteiger partial charge in [-0.15, -0.1) is 11.3 Å². The first-order valence-electron chi connectivity index (χ1n) is 9.23. The number of thiazole rings is 1. The summed E-state index contributed by atoms with van der Waals surface area (Å²) in [6.07, 6.45) is 3.76. The molecule has 4 rings (SSSR count). The van der Waals surface area contributed by atoms with Gasteiger partial charge in [0.1, 0.15) is 11.5 Å². The first-order valence-corrected chi connectivity index (χ1v) is 10.1. The number of aromatic nitrogens is 3. The Kier molecular flexibility index (Phi) is 5.76. The van der Waals surface area contributed by atoms with Crippen molar-refractivity contribution in [3.8, 4) is 28.4 Å². The molecular formula is C22H20N4O3S. The van der Waals surface area contributed by atoms with Gasteiger partial charge in [-0.2, -0.15) is 5.10 Å². The van der Waals surface area contributed by atoms with Crippen molar-refractivity contribution in [3.05, 3.63) is 71.9 Å². The monoisotopic (exact) mass is 420 g/mol. The van der Waals surface area contributed by atoms with Crippen LogP contribution in [-0.2, 0) is 11.2 Å². The molecule has 0 atom stereocenters. The number of nitrogens with one attached hydrogen (secondary N) is 1. The van der Waals surface area contributed by atoms with E-state index in [1.54, 1.807) is 25.1 Å². The number of carbonyl (C=O) groups is 1. The lowest BCUT2D eigenvalue weighted by Crippen LogP contribution is -2.13. The van der Waals surface area contributed by atoms with Gasteiger partial charge in [0.05, 0.1) is 38.2 Å². The highest BCUT2D eigenvalue weighted by Gasteiger charge is 2.14. The number of benzene rings is 2. The minimum absolute atomic E-state index is 0.152. The number of nitrogens with zero attached hydrogens (tertiary/aromatic N) is 3. The molecule has 0 saturated heterocycles. The van der Waals surface area contributed by atoms with Gasteiger partial charge >= 0.3 is 0 Å². The highest BCUT2D eigenvalue weighted by Crippen LogP contribution is 2.35. The molecule has 7 nitrogen and oxygen atoms in total. The van der Waals surface area contributed by atoms with Gasteiger partial charge < -0.3 is 14.8 Å². The average Bonchev–Trinajstić information content (AvgIpc) is 3.43. The molecule has 0 spiro atoms. The quantitative estimate of drug-likeness (QED) is 0.485. The third-order valence-electron chi connectivity index (χ3n) is 4.45.